The van der Waals surface area contributed by atoms with Crippen molar-refractivity contribution in [1.82, 2.24) is 0 Å². The van der Waals surface area contributed by atoms with Crippen LogP contribution in [-0.4, -0.2) is 11.6 Å². The van der Waals surface area contributed by atoms with Crippen molar-refractivity contribution < 1.29 is 37.6 Å². The van der Waals surface area contributed by atoms with Crippen molar-refractivity contribution in [3.63, 3.8) is 0 Å². The fourth-order valence-electron chi connectivity index (χ4n) is 0. The predicted molar refractivity (Wildman–Crippen MR) is 7.33 cm³/mol. The monoisotopic (exact) mass is 140 g/mol. The maximum absolute atomic E-state index is 8.33. The second-order valence-electron chi connectivity index (χ2n) is 0.250. The van der Waals surface area contributed by atoms with Crippen molar-refractivity contribution in [2.75, 3.05) is 0 Å². The quantitative estimate of drug-likeness (QED) is 0.344. The minimum absolute atomic E-state index is 0. The first kappa shape index (κ1) is 17.2. The van der Waals surface area contributed by atoms with Gasteiger partial charge in [0.15, 0.2) is 0 Å². The van der Waals surface area contributed by atoms with Crippen LogP contribution in [0.25, 0.3) is 0 Å². The Balaban J connectivity index is -0.0000000450. The van der Waals surface area contributed by atoms with Gasteiger partial charge in [0.1, 0.15) is 0 Å². The van der Waals surface area contributed by atoms with Crippen LogP contribution in [0.15, 0.2) is 0 Å². The first-order valence-electron chi connectivity index (χ1n) is 0.612. The zero-order chi connectivity index (χ0) is 3.58. The van der Waals surface area contributed by atoms with E-state index < -0.39 is 6.16 Å². The number of hydrogen-bond donors (Lipinski definition) is 0. The zero-order valence-electron chi connectivity index (χ0n) is 2.47. The molecule has 0 aromatic rings. The number of carbonyl (C=O) groups is 1. The molecular formula is CHCuO4-3. The summed E-state index contributed by atoms with van der Waals surface area (Å²) in [4.78, 5) is 8.33. The average molecular weight is 141 g/mol. The molecule has 0 aromatic carbocycles. The molecule has 0 bridgehead atoms. The van der Waals surface area contributed by atoms with Crippen molar-refractivity contribution in [3.8, 4) is 0 Å². The molecule has 0 rings (SSSR count). The van der Waals surface area contributed by atoms with E-state index in [1.807, 2.05) is 0 Å². The Hall–Kier alpha value is -0.251. The Morgan fingerprint density at radius 3 is 1.33 bits per heavy atom. The van der Waals surface area contributed by atoms with Gasteiger partial charge in [-0.15, -0.1) is 0 Å². The Labute approximate surface area is 44.6 Å². The molecule has 0 amide bonds. The standard InChI is InChI=1S/CH2O3.Cu.H2O/c2-1(3)4;;/h(H2,2,3,4);;1H2/p-3. The molecule has 4 nitrogen and oxygen atoms in total. The fraction of sp³-hybridized carbons (Fsp3) is 0. The van der Waals surface area contributed by atoms with E-state index in [0.29, 0.717) is 0 Å². The van der Waals surface area contributed by atoms with Crippen molar-refractivity contribution in [2.24, 2.45) is 0 Å². The number of carboxylic acid groups (broad SMARTS) is 2. The SMILES string of the molecule is O=C([O-])[O-].[Cu].[OH-]. The molecule has 0 aliphatic rings. The van der Waals surface area contributed by atoms with Gasteiger partial charge in [-0.2, -0.15) is 0 Å². The van der Waals surface area contributed by atoms with Crippen LogP contribution in [0.1, 0.15) is 0 Å². The van der Waals surface area contributed by atoms with Crippen molar-refractivity contribution in [1.29, 1.82) is 0 Å². The van der Waals surface area contributed by atoms with E-state index in [1.54, 1.807) is 0 Å². The summed E-state index contributed by atoms with van der Waals surface area (Å²) >= 11 is 0. The Morgan fingerprint density at radius 2 is 1.33 bits per heavy atom. The molecule has 0 spiro atoms. The first-order valence-corrected chi connectivity index (χ1v) is 0.612. The molecule has 1 radical (unpaired) electrons. The summed E-state index contributed by atoms with van der Waals surface area (Å²) in [6.07, 6.45) is -2.33. The molecule has 0 aliphatic heterocycles. The van der Waals surface area contributed by atoms with E-state index >= 15 is 0 Å². The van der Waals surface area contributed by atoms with Crippen LogP contribution in [0.3, 0.4) is 0 Å². The molecule has 6 heavy (non-hydrogen) atoms. The Bertz CT molecular complexity index is 30.5. The van der Waals surface area contributed by atoms with Crippen LogP contribution in [-0.2, 0) is 17.1 Å². The van der Waals surface area contributed by atoms with E-state index in [0.717, 1.165) is 0 Å². The van der Waals surface area contributed by atoms with Gasteiger partial charge >= 0.3 is 0 Å². The Kier molecular flexibility index (Phi) is 25.3. The second kappa shape index (κ2) is 8.83. The van der Waals surface area contributed by atoms with Gasteiger partial charge < -0.3 is 20.5 Å². The van der Waals surface area contributed by atoms with Gasteiger partial charge in [0.2, 0.25) is 0 Å². The van der Waals surface area contributed by atoms with Crippen LogP contribution >= 0.6 is 0 Å². The number of hydrogen-bond acceptors (Lipinski definition) is 4. The minimum Gasteiger partial charge on any atom is -0.870 e. The van der Waals surface area contributed by atoms with Crippen LogP contribution < -0.4 is 10.2 Å². The molecule has 1 N–H and O–H groups in total. The molecule has 0 aromatic heterocycles. The smallest absolute Gasteiger partial charge is 0 e. The van der Waals surface area contributed by atoms with Crippen molar-refractivity contribution in [2.45, 2.75) is 0 Å². The summed E-state index contributed by atoms with van der Waals surface area (Å²) in [5.74, 6) is 0. The molecule has 0 saturated carbocycles. The molecule has 0 unspecified atom stereocenters. The van der Waals surface area contributed by atoms with Crippen molar-refractivity contribution in [3.05, 3.63) is 0 Å². The van der Waals surface area contributed by atoms with Crippen LogP contribution in [0, 0.1) is 0 Å². The summed E-state index contributed by atoms with van der Waals surface area (Å²) in [6.45, 7) is 0. The first-order chi connectivity index (χ1) is 1.73. The van der Waals surface area contributed by atoms with E-state index in [1.165, 1.54) is 0 Å². The zero-order valence-corrected chi connectivity index (χ0v) is 3.42. The van der Waals surface area contributed by atoms with Crippen LogP contribution in [0.2, 0.25) is 0 Å². The van der Waals surface area contributed by atoms with E-state index in [4.69, 9.17) is 15.0 Å². The summed E-state index contributed by atoms with van der Waals surface area (Å²) in [6, 6.07) is 0. The fourth-order valence-corrected chi connectivity index (χ4v) is 0. The molecule has 0 aliphatic carbocycles. The van der Waals surface area contributed by atoms with Gasteiger partial charge in [-0.05, 0) is 6.16 Å². The summed E-state index contributed by atoms with van der Waals surface area (Å²) in [5.41, 5.74) is 0. The minimum atomic E-state index is -2.33. The maximum atomic E-state index is 8.33. The normalized spacial score (nSPS) is 4.00. The van der Waals surface area contributed by atoms with Gasteiger partial charge in [0.05, 0.1) is 0 Å². The van der Waals surface area contributed by atoms with Gasteiger partial charge in [-0.25, -0.2) is 0 Å². The average Bonchev–Trinajstić information content (AvgIpc) is 0.811. The number of carbonyl (C=O) groups excluding carboxylic acids is 1. The van der Waals surface area contributed by atoms with Gasteiger partial charge in [0, 0.05) is 17.1 Å². The molecule has 0 saturated heterocycles. The van der Waals surface area contributed by atoms with Gasteiger partial charge in [-0.3, -0.25) is 0 Å². The molecular weight excluding hydrogens is 140 g/mol. The van der Waals surface area contributed by atoms with E-state index in [-0.39, 0.29) is 22.5 Å². The predicted octanol–water partition coefficient (Wildman–Crippen LogP) is -2.63. The second-order valence-corrected chi connectivity index (χ2v) is 0.250. The van der Waals surface area contributed by atoms with Crippen LogP contribution in [0.5, 0.6) is 0 Å². The van der Waals surface area contributed by atoms with Crippen molar-refractivity contribution >= 4 is 6.16 Å². The van der Waals surface area contributed by atoms with Crippen LogP contribution in [0.4, 0.5) is 4.79 Å². The summed E-state index contributed by atoms with van der Waals surface area (Å²) < 4.78 is 0. The molecule has 0 fully saturated rings. The van der Waals surface area contributed by atoms with Gasteiger partial charge in [-0.1, -0.05) is 0 Å². The number of rotatable bonds is 0. The third kappa shape index (κ3) is 452. The van der Waals surface area contributed by atoms with Gasteiger partial charge in [0.25, 0.3) is 0 Å². The molecule has 0 heterocycles. The topological polar surface area (TPSA) is 93.2 Å². The molecule has 5 heteroatoms. The third-order valence-electron chi connectivity index (χ3n) is 0. The summed E-state index contributed by atoms with van der Waals surface area (Å²) in [7, 11) is 0. The third-order valence-corrected chi connectivity index (χ3v) is 0. The molecule has 0 atom stereocenters. The summed E-state index contributed by atoms with van der Waals surface area (Å²) in [5, 5.41) is 16.7. The van der Waals surface area contributed by atoms with E-state index in [2.05, 4.69) is 0 Å². The van der Waals surface area contributed by atoms with E-state index in [9.17, 15) is 0 Å². The largest absolute Gasteiger partial charge is 0.870 e. The Morgan fingerprint density at radius 1 is 1.33 bits per heavy atom. The maximum Gasteiger partial charge on any atom is 0 e. The molecule has 43 valence electrons.